The summed E-state index contributed by atoms with van der Waals surface area (Å²) in [7, 11) is 0. The normalized spacial score (nSPS) is 21.3. The second kappa shape index (κ2) is 3.96. The number of rotatable bonds is 1. The first-order chi connectivity index (χ1) is 7.07. The average Bonchev–Trinajstić information content (AvgIpc) is 2.49. The van der Waals surface area contributed by atoms with Crippen LogP contribution in [-0.2, 0) is 0 Å². The van der Waals surface area contributed by atoms with E-state index in [4.69, 9.17) is 5.73 Å². The molecule has 4 nitrogen and oxygen atoms in total. The minimum Gasteiger partial charge on any atom is -0.367 e. The maximum absolute atomic E-state index is 5.54. The van der Waals surface area contributed by atoms with Crippen LogP contribution in [-0.4, -0.2) is 22.4 Å². The van der Waals surface area contributed by atoms with Gasteiger partial charge in [-0.15, -0.1) is 0 Å². The summed E-state index contributed by atoms with van der Waals surface area (Å²) in [4.78, 5) is 6.54. The topological polar surface area (TPSA) is 55.0 Å². The van der Waals surface area contributed by atoms with E-state index in [0.29, 0.717) is 11.4 Å². The maximum atomic E-state index is 5.54. The lowest BCUT2D eigenvalue weighted by Crippen LogP contribution is -2.24. The zero-order valence-corrected chi connectivity index (χ0v) is 10.2. The second-order valence-electron chi connectivity index (χ2n) is 4.94. The lowest BCUT2D eigenvalue weighted by molar-refractivity contribution is 0.325. The molecular weight excluding hydrogens is 208 g/mol. The standard InChI is InChI=1S/C10H18N4S/c1-10(2)4-3-6-14(7-5-10)9-12-8(11)13-15-9/h3-7H2,1-2H3,(H2,11,13). The molecule has 1 fully saturated rings. The van der Waals surface area contributed by atoms with E-state index < -0.39 is 0 Å². The van der Waals surface area contributed by atoms with Gasteiger partial charge in [-0.25, -0.2) is 0 Å². The van der Waals surface area contributed by atoms with Crippen molar-refractivity contribution in [2.75, 3.05) is 23.7 Å². The van der Waals surface area contributed by atoms with Crippen molar-refractivity contribution in [3.63, 3.8) is 0 Å². The minimum absolute atomic E-state index is 0.401. The van der Waals surface area contributed by atoms with Crippen molar-refractivity contribution >= 4 is 22.6 Å². The molecule has 1 aromatic heterocycles. The summed E-state index contributed by atoms with van der Waals surface area (Å²) in [6.07, 6.45) is 3.73. The minimum atomic E-state index is 0.401. The lowest BCUT2D eigenvalue weighted by Gasteiger charge is -2.22. The Morgan fingerprint density at radius 3 is 2.80 bits per heavy atom. The average molecular weight is 226 g/mol. The highest BCUT2D eigenvalue weighted by Gasteiger charge is 2.24. The lowest BCUT2D eigenvalue weighted by atomic mass is 9.85. The quantitative estimate of drug-likeness (QED) is 0.797. The number of hydrogen-bond acceptors (Lipinski definition) is 5. The van der Waals surface area contributed by atoms with Crippen LogP contribution in [0.5, 0.6) is 0 Å². The number of hydrogen-bond donors (Lipinski definition) is 1. The Hall–Kier alpha value is -0.840. The predicted molar refractivity (Wildman–Crippen MR) is 64.2 cm³/mol. The number of nitrogens with two attached hydrogens (primary N) is 1. The molecule has 0 unspecified atom stereocenters. The highest BCUT2D eigenvalue weighted by Crippen LogP contribution is 2.32. The second-order valence-corrected chi connectivity index (χ2v) is 5.67. The molecule has 0 aromatic carbocycles. The zero-order chi connectivity index (χ0) is 10.9. The third-order valence-corrected chi connectivity index (χ3v) is 3.83. The number of nitrogens with zero attached hydrogens (tertiary/aromatic N) is 3. The molecule has 1 saturated heterocycles. The summed E-state index contributed by atoms with van der Waals surface area (Å²) < 4.78 is 4.03. The summed E-state index contributed by atoms with van der Waals surface area (Å²) in [5.41, 5.74) is 6.00. The van der Waals surface area contributed by atoms with Crippen LogP contribution >= 0.6 is 11.5 Å². The molecule has 1 aromatic rings. The SMILES string of the molecule is CC1(C)CCCN(c2nc(N)ns2)CC1. The van der Waals surface area contributed by atoms with Crippen molar-refractivity contribution in [2.45, 2.75) is 33.1 Å². The van der Waals surface area contributed by atoms with Crippen LogP contribution in [0.2, 0.25) is 0 Å². The van der Waals surface area contributed by atoms with Crippen LogP contribution < -0.4 is 10.6 Å². The highest BCUT2D eigenvalue weighted by molar-refractivity contribution is 7.09. The third-order valence-electron chi connectivity index (χ3n) is 3.04. The van der Waals surface area contributed by atoms with Gasteiger partial charge < -0.3 is 10.6 Å². The molecule has 0 aliphatic carbocycles. The summed E-state index contributed by atoms with van der Waals surface area (Å²) in [6.45, 7) is 6.83. The first kappa shape index (κ1) is 10.7. The van der Waals surface area contributed by atoms with Gasteiger partial charge in [0.25, 0.3) is 0 Å². The predicted octanol–water partition coefficient (Wildman–Crippen LogP) is 2.14. The van der Waals surface area contributed by atoms with Gasteiger partial charge in [-0.2, -0.15) is 9.36 Å². The van der Waals surface area contributed by atoms with Crippen LogP contribution in [0.4, 0.5) is 11.1 Å². The zero-order valence-electron chi connectivity index (χ0n) is 9.36. The van der Waals surface area contributed by atoms with Crippen LogP contribution in [0.15, 0.2) is 0 Å². The van der Waals surface area contributed by atoms with Crippen LogP contribution in [0.25, 0.3) is 0 Å². The van der Waals surface area contributed by atoms with E-state index in [1.807, 2.05) is 0 Å². The van der Waals surface area contributed by atoms with Gasteiger partial charge in [0.15, 0.2) is 0 Å². The van der Waals surface area contributed by atoms with E-state index >= 15 is 0 Å². The van der Waals surface area contributed by atoms with Crippen molar-refractivity contribution in [2.24, 2.45) is 5.41 Å². The van der Waals surface area contributed by atoms with Crippen LogP contribution in [0.3, 0.4) is 0 Å². The molecule has 1 aliphatic heterocycles. The molecule has 0 spiro atoms. The fourth-order valence-corrected chi connectivity index (χ4v) is 2.62. The summed E-state index contributed by atoms with van der Waals surface area (Å²) in [5.74, 6) is 0.401. The molecule has 0 saturated carbocycles. The maximum Gasteiger partial charge on any atom is 0.233 e. The molecular formula is C10H18N4S. The highest BCUT2D eigenvalue weighted by atomic mass is 32.1. The molecule has 1 aliphatic rings. The molecule has 5 heteroatoms. The van der Waals surface area contributed by atoms with E-state index in [9.17, 15) is 0 Å². The molecule has 2 N–H and O–H groups in total. The number of aromatic nitrogens is 2. The van der Waals surface area contributed by atoms with Crippen molar-refractivity contribution in [3.05, 3.63) is 0 Å². The van der Waals surface area contributed by atoms with Crippen LogP contribution in [0.1, 0.15) is 33.1 Å². The Bertz CT molecular complexity index is 334. The van der Waals surface area contributed by atoms with E-state index in [0.717, 1.165) is 18.2 Å². The summed E-state index contributed by atoms with van der Waals surface area (Å²) in [6, 6.07) is 0. The van der Waals surface area contributed by atoms with Gasteiger partial charge in [0.2, 0.25) is 11.1 Å². The third kappa shape index (κ3) is 2.59. The smallest absolute Gasteiger partial charge is 0.233 e. The first-order valence-electron chi connectivity index (χ1n) is 5.41. The molecule has 84 valence electrons. The van der Waals surface area contributed by atoms with Gasteiger partial charge in [-0.3, -0.25) is 0 Å². The van der Waals surface area contributed by atoms with Gasteiger partial charge in [-0.05, 0) is 24.7 Å². The fraction of sp³-hybridized carbons (Fsp3) is 0.800. The molecule has 2 rings (SSSR count). The van der Waals surface area contributed by atoms with E-state index in [1.165, 1.54) is 30.8 Å². The van der Waals surface area contributed by atoms with Gasteiger partial charge in [0.1, 0.15) is 0 Å². The van der Waals surface area contributed by atoms with Gasteiger partial charge >= 0.3 is 0 Å². The van der Waals surface area contributed by atoms with Gasteiger partial charge in [-0.1, -0.05) is 13.8 Å². The molecule has 0 bridgehead atoms. The Balaban J connectivity index is 2.05. The number of anilines is 2. The van der Waals surface area contributed by atoms with Crippen molar-refractivity contribution < 1.29 is 0 Å². The Morgan fingerprint density at radius 2 is 2.13 bits per heavy atom. The van der Waals surface area contributed by atoms with Crippen molar-refractivity contribution in [1.29, 1.82) is 0 Å². The van der Waals surface area contributed by atoms with E-state index in [-0.39, 0.29) is 0 Å². The van der Waals surface area contributed by atoms with E-state index in [2.05, 4.69) is 28.1 Å². The van der Waals surface area contributed by atoms with Crippen LogP contribution in [0, 0.1) is 5.41 Å². The molecule has 0 radical (unpaired) electrons. The van der Waals surface area contributed by atoms with Gasteiger partial charge in [0.05, 0.1) is 0 Å². The van der Waals surface area contributed by atoms with Crippen molar-refractivity contribution in [1.82, 2.24) is 9.36 Å². The van der Waals surface area contributed by atoms with Gasteiger partial charge in [0, 0.05) is 24.6 Å². The fourth-order valence-electron chi connectivity index (χ4n) is 1.97. The molecule has 15 heavy (non-hydrogen) atoms. The van der Waals surface area contributed by atoms with Crippen molar-refractivity contribution in [3.8, 4) is 0 Å². The monoisotopic (exact) mass is 226 g/mol. The summed E-state index contributed by atoms with van der Waals surface area (Å²) in [5, 5.41) is 0.977. The number of nitrogen functional groups attached to an aromatic ring is 1. The first-order valence-corrected chi connectivity index (χ1v) is 6.18. The molecule has 0 atom stereocenters. The largest absolute Gasteiger partial charge is 0.367 e. The molecule has 2 heterocycles. The Kier molecular flexibility index (Phi) is 2.82. The molecule has 0 amide bonds. The Labute approximate surface area is 94.7 Å². The van der Waals surface area contributed by atoms with E-state index in [1.54, 1.807) is 0 Å². The summed E-state index contributed by atoms with van der Waals surface area (Å²) >= 11 is 1.41. The Morgan fingerprint density at radius 1 is 1.33 bits per heavy atom.